The summed E-state index contributed by atoms with van der Waals surface area (Å²) in [6.45, 7) is 0. The molecule has 7 heteroatoms. The van der Waals surface area contributed by atoms with Gasteiger partial charge in [-0.25, -0.2) is 0 Å². The Kier molecular flexibility index (Phi) is 4.38. The number of hydrogen-bond acceptors (Lipinski definition) is 3. The van der Waals surface area contributed by atoms with Crippen LogP contribution in [0.2, 0.25) is 10.0 Å². The van der Waals surface area contributed by atoms with E-state index in [4.69, 9.17) is 23.2 Å². The van der Waals surface area contributed by atoms with Crippen molar-refractivity contribution >= 4 is 46.6 Å². The lowest BCUT2D eigenvalue weighted by molar-refractivity contribution is -0.384. The summed E-state index contributed by atoms with van der Waals surface area (Å²) in [5, 5.41) is 14.4. The maximum absolute atomic E-state index is 12.1. The van der Waals surface area contributed by atoms with E-state index in [-0.39, 0.29) is 11.6 Å². The van der Waals surface area contributed by atoms with Gasteiger partial charge in [-0.05, 0) is 35.4 Å². The molecule has 0 radical (unpaired) electrons. The second kappa shape index (κ2) is 6.47. The van der Waals surface area contributed by atoms with Crippen molar-refractivity contribution in [1.29, 1.82) is 0 Å². The van der Waals surface area contributed by atoms with Crippen LogP contribution in [0.4, 0.5) is 5.69 Å². The van der Waals surface area contributed by atoms with Crippen molar-refractivity contribution in [2.24, 2.45) is 0 Å². The Morgan fingerprint density at radius 2 is 1.88 bits per heavy atom. The van der Waals surface area contributed by atoms with Crippen molar-refractivity contribution in [3.05, 3.63) is 85.4 Å². The van der Waals surface area contributed by atoms with Crippen LogP contribution >= 0.6 is 23.2 Å². The Bertz CT molecular complexity index is 920. The molecule has 5 nitrogen and oxygen atoms in total. The summed E-state index contributed by atoms with van der Waals surface area (Å²) in [5.74, 6) is -0.289. The number of non-ortho nitro benzene ring substituents is 1. The molecule has 0 aromatic heterocycles. The van der Waals surface area contributed by atoms with Crippen LogP contribution in [0.1, 0.15) is 11.1 Å². The lowest BCUT2D eigenvalue weighted by atomic mass is 10.1. The first-order chi connectivity index (χ1) is 11.4. The van der Waals surface area contributed by atoms with Crippen molar-refractivity contribution in [2.75, 3.05) is 0 Å². The Morgan fingerprint density at radius 3 is 2.58 bits per heavy atom. The van der Waals surface area contributed by atoms with Crippen LogP contribution < -0.4 is 5.32 Å². The maximum atomic E-state index is 12.1. The highest BCUT2D eigenvalue weighted by Gasteiger charge is 2.19. The highest BCUT2D eigenvalue weighted by atomic mass is 35.5. The van der Waals surface area contributed by atoms with Crippen LogP contribution in [0.5, 0.6) is 0 Å². The lowest BCUT2D eigenvalue weighted by Gasteiger charge is -2.04. The number of rotatable bonds is 3. The normalized spacial score (nSPS) is 15.3. The van der Waals surface area contributed by atoms with E-state index in [1.54, 1.807) is 42.5 Å². The van der Waals surface area contributed by atoms with Gasteiger partial charge in [-0.15, -0.1) is 0 Å². The number of carbonyl (C=O) groups is 1. The van der Waals surface area contributed by atoms with Crippen LogP contribution in [0.15, 0.2) is 54.1 Å². The summed E-state index contributed by atoms with van der Waals surface area (Å²) in [7, 11) is 0. The van der Waals surface area contributed by atoms with Crippen LogP contribution in [-0.2, 0) is 4.79 Å². The van der Waals surface area contributed by atoms with Crippen molar-refractivity contribution in [3.63, 3.8) is 0 Å². The van der Waals surface area contributed by atoms with Gasteiger partial charge < -0.3 is 5.32 Å². The fraction of sp³-hybridized carbons (Fsp3) is 0. The van der Waals surface area contributed by atoms with E-state index in [0.717, 1.165) is 5.56 Å². The maximum Gasteiger partial charge on any atom is 0.270 e. The molecule has 0 spiro atoms. The van der Waals surface area contributed by atoms with Gasteiger partial charge in [0.25, 0.3) is 11.6 Å². The Balaban J connectivity index is 1.95. The summed E-state index contributed by atoms with van der Waals surface area (Å²) < 4.78 is 0. The highest BCUT2D eigenvalue weighted by Crippen LogP contribution is 2.28. The van der Waals surface area contributed by atoms with Gasteiger partial charge in [0.2, 0.25) is 0 Å². The number of nitro benzene ring substituents is 1. The van der Waals surface area contributed by atoms with Gasteiger partial charge in [-0.3, -0.25) is 14.9 Å². The summed E-state index contributed by atoms with van der Waals surface area (Å²) in [4.78, 5) is 22.5. The smallest absolute Gasteiger partial charge is 0.270 e. The third-order valence-electron chi connectivity index (χ3n) is 3.44. The molecule has 0 atom stereocenters. The molecule has 2 aromatic carbocycles. The van der Waals surface area contributed by atoms with E-state index >= 15 is 0 Å². The summed E-state index contributed by atoms with van der Waals surface area (Å²) in [6.07, 6.45) is 3.26. The summed E-state index contributed by atoms with van der Waals surface area (Å²) in [5.41, 5.74) is 2.25. The minimum absolute atomic E-state index is 0.0311. The van der Waals surface area contributed by atoms with Crippen molar-refractivity contribution < 1.29 is 9.72 Å². The van der Waals surface area contributed by atoms with E-state index < -0.39 is 4.92 Å². The average molecular weight is 361 g/mol. The van der Waals surface area contributed by atoms with Crippen molar-refractivity contribution in [3.8, 4) is 0 Å². The van der Waals surface area contributed by atoms with Crippen molar-refractivity contribution in [2.45, 2.75) is 0 Å². The highest BCUT2D eigenvalue weighted by molar-refractivity contribution is 6.42. The molecule has 0 fully saturated rings. The first-order valence-corrected chi connectivity index (χ1v) is 7.64. The Morgan fingerprint density at radius 1 is 1.08 bits per heavy atom. The fourth-order valence-electron chi connectivity index (χ4n) is 2.29. The molecule has 24 heavy (non-hydrogen) atoms. The quantitative estimate of drug-likeness (QED) is 0.499. The first-order valence-electron chi connectivity index (χ1n) is 6.88. The minimum atomic E-state index is -0.478. The predicted octanol–water partition coefficient (Wildman–Crippen LogP) is 4.46. The molecule has 1 aliphatic heterocycles. The van der Waals surface area contributed by atoms with Gasteiger partial charge in [-0.1, -0.05) is 41.4 Å². The Labute approximate surface area is 147 Å². The Hall–Kier alpha value is -2.63. The topological polar surface area (TPSA) is 72.2 Å². The zero-order chi connectivity index (χ0) is 17.3. The van der Waals surface area contributed by atoms with Gasteiger partial charge in [0.05, 0.1) is 15.0 Å². The number of halogens is 2. The van der Waals surface area contributed by atoms with Crippen LogP contribution in [0.25, 0.3) is 11.8 Å². The fourth-order valence-corrected chi connectivity index (χ4v) is 2.58. The van der Waals surface area contributed by atoms with E-state index in [2.05, 4.69) is 5.32 Å². The second-order valence-electron chi connectivity index (χ2n) is 5.09. The van der Waals surface area contributed by atoms with Crippen molar-refractivity contribution in [1.82, 2.24) is 5.32 Å². The minimum Gasteiger partial charge on any atom is -0.321 e. The molecule has 0 aliphatic carbocycles. The first kappa shape index (κ1) is 16.2. The number of nitrogens with zero attached hydrogens (tertiary/aromatic N) is 1. The zero-order valence-corrected chi connectivity index (χ0v) is 13.6. The molecule has 0 saturated carbocycles. The number of benzene rings is 2. The molecular formula is C17H10Cl2N2O3. The molecule has 1 heterocycles. The third-order valence-corrected chi connectivity index (χ3v) is 4.18. The van der Waals surface area contributed by atoms with E-state index in [9.17, 15) is 14.9 Å². The van der Waals surface area contributed by atoms with Gasteiger partial charge >= 0.3 is 0 Å². The number of hydrogen-bond donors (Lipinski definition) is 1. The number of nitro groups is 1. The standard InChI is InChI=1S/C17H10Cl2N2O3/c18-14-5-4-11(8-15(14)19)16-9-12(17(22)20-16)6-10-2-1-3-13(7-10)21(23)24/h1-9H,(H,20,22)/b12-6+. The van der Waals surface area contributed by atoms with Crippen LogP contribution in [-0.4, -0.2) is 10.8 Å². The van der Waals surface area contributed by atoms with Gasteiger partial charge in [0.1, 0.15) is 0 Å². The van der Waals surface area contributed by atoms with Gasteiger partial charge in [-0.2, -0.15) is 0 Å². The molecule has 0 saturated heterocycles. The number of nitrogens with one attached hydrogen (secondary N) is 1. The molecule has 2 aromatic rings. The molecule has 120 valence electrons. The summed E-state index contributed by atoms with van der Waals surface area (Å²) >= 11 is 11.9. The predicted molar refractivity (Wildman–Crippen MR) is 93.7 cm³/mol. The average Bonchev–Trinajstić information content (AvgIpc) is 2.91. The lowest BCUT2D eigenvalue weighted by Crippen LogP contribution is -2.15. The molecular weight excluding hydrogens is 351 g/mol. The molecule has 0 bridgehead atoms. The third kappa shape index (κ3) is 3.32. The molecule has 3 rings (SSSR count). The SMILES string of the molecule is O=C1NC(c2ccc(Cl)c(Cl)c2)=C/C1=C\c1cccc([N+](=O)[O-])c1. The van der Waals surface area contributed by atoms with E-state index in [0.29, 0.717) is 26.9 Å². The van der Waals surface area contributed by atoms with Crippen LogP contribution in [0, 0.1) is 10.1 Å². The number of carbonyl (C=O) groups excluding carboxylic acids is 1. The second-order valence-corrected chi connectivity index (χ2v) is 5.91. The summed E-state index contributed by atoms with van der Waals surface area (Å²) in [6, 6.07) is 11.1. The molecule has 0 unspecified atom stereocenters. The largest absolute Gasteiger partial charge is 0.321 e. The van der Waals surface area contributed by atoms with Gasteiger partial charge in [0.15, 0.2) is 0 Å². The molecule has 1 amide bonds. The monoisotopic (exact) mass is 360 g/mol. The van der Waals surface area contributed by atoms with E-state index in [1.807, 2.05) is 0 Å². The van der Waals surface area contributed by atoms with Gasteiger partial charge in [0, 0.05) is 23.4 Å². The zero-order valence-electron chi connectivity index (χ0n) is 12.1. The van der Waals surface area contributed by atoms with Crippen LogP contribution in [0.3, 0.4) is 0 Å². The number of amides is 1. The molecule has 1 aliphatic rings. The van der Waals surface area contributed by atoms with E-state index in [1.165, 1.54) is 12.1 Å². The molecule has 1 N–H and O–H groups in total.